The molecule has 80 heavy (non-hydrogen) atoms. The summed E-state index contributed by atoms with van der Waals surface area (Å²) in [5.74, 6) is 2.79. The van der Waals surface area contributed by atoms with Crippen LogP contribution in [0.15, 0.2) is 84.9 Å². The number of carbonyl (C=O) groups excluding carboxylic acids is 2. The Morgan fingerprint density at radius 3 is 0.938 bits per heavy atom. The van der Waals surface area contributed by atoms with Crippen LogP contribution in [0.4, 0.5) is 5.69 Å². The number of ether oxygens (including phenoxy) is 4. The molecule has 0 saturated carbocycles. The van der Waals surface area contributed by atoms with Crippen molar-refractivity contribution in [3.8, 4) is 23.0 Å². The van der Waals surface area contributed by atoms with E-state index in [-0.39, 0.29) is 28.1 Å². The highest BCUT2D eigenvalue weighted by Gasteiger charge is 2.35. The smallest absolute Gasteiger partial charge is 0.280 e. The molecule has 2 amide bonds. The number of hydrazine groups is 1. The molecule has 0 saturated heterocycles. The summed E-state index contributed by atoms with van der Waals surface area (Å²) in [7, 11) is 0. The Hall–Kier alpha value is -6.28. The van der Waals surface area contributed by atoms with Crippen LogP contribution in [0, 0.1) is 0 Å². The van der Waals surface area contributed by atoms with Gasteiger partial charge in [-0.15, -0.1) is 0 Å². The van der Waals surface area contributed by atoms with Gasteiger partial charge in [0.05, 0.1) is 43.2 Å². The van der Waals surface area contributed by atoms with E-state index in [0.717, 1.165) is 150 Å². The van der Waals surface area contributed by atoms with E-state index >= 15 is 0 Å². The Balaban J connectivity index is 1.46. The van der Waals surface area contributed by atoms with Gasteiger partial charge >= 0.3 is 0 Å². The fraction of sp³-hybridized carbons (Fsp3) is 0.500. The molecule has 1 aliphatic carbocycles. The summed E-state index contributed by atoms with van der Waals surface area (Å²) in [6, 6.07) is 29.9. The third-order valence-electron chi connectivity index (χ3n) is 16.1. The van der Waals surface area contributed by atoms with Gasteiger partial charge in [0.2, 0.25) is 0 Å². The lowest BCUT2D eigenvalue weighted by atomic mass is 9.80. The van der Waals surface area contributed by atoms with Crippen LogP contribution in [0.2, 0.25) is 0 Å². The van der Waals surface area contributed by atoms with Gasteiger partial charge in [0, 0.05) is 42.2 Å². The minimum atomic E-state index is -0.390. The first-order valence-corrected chi connectivity index (χ1v) is 30.6. The van der Waals surface area contributed by atoms with Crippen molar-refractivity contribution in [1.82, 2.24) is 5.01 Å². The summed E-state index contributed by atoms with van der Waals surface area (Å²) >= 11 is 0. The minimum Gasteiger partial charge on any atom is -0.493 e. The number of amides is 2. The van der Waals surface area contributed by atoms with E-state index in [2.05, 4.69) is 144 Å². The molecule has 2 aliphatic rings. The maximum Gasteiger partial charge on any atom is 0.280 e. The van der Waals surface area contributed by atoms with Crippen LogP contribution in [0.25, 0.3) is 10.8 Å². The monoisotopic (exact) mass is 1080 g/mol. The summed E-state index contributed by atoms with van der Waals surface area (Å²) in [4.78, 5) is 29.4. The van der Waals surface area contributed by atoms with Gasteiger partial charge in [0.1, 0.15) is 23.0 Å². The summed E-state index contributed by atoms with van der Waals surface area (Å²) in [6.45, 7) is 32.0. The Bertz CT molecular complexity index is 2970. The number of rotatable bonds is 22. The Kier molecular flexibility index (Phi) is 19.5. The molecule has 6 aromatic carbocycles. The van der Waals surface area contributed by atoms with Gasteiger partial charge in [0.15, 0.2) is 0 Å². The Morgan fingerprint density at radius 2 is 0.675 bits per heavy atom. The average Bonchev–Trinajstić information content (AvgIpc) is 3.40. The van der Waals surface area contributed by atoms with Gasteiger partial charge in [-0.25, -0.2) is 0 Å². The molecule has 1 N–H and O–H groups in total. The average molecular weight is 1080 g/mol. The van der Waals surface area contributed by atoms with E-state index in [4.69, 9.17) is 18.9 Å². The van der Waals surface area contributed by atoms with E-state index in [0.29, 0.717) is 74.3 Å². The lowest BCUT2D eigenvalue weighted by Gasteiger charge is -2.30. The molecule has 8 rings (SSSR count). The van der Waals surface area contributed by atoms with Crippen molar-refractivity contribution in [3.05, 3.63) is 157 Å². The zero-order valence-corrected chi connectivity index (χ0v) is 51.1. The standard InChI is InChI=1S/C72H94N2O6/c1-14-18-22-32-77-64-49-36-51-42-58(71(8,9)10)44-53(65(51)78-33-23-19-15-2)38-55-46-60(73-74-68(75)61-30-26-28-48-29-27-31-62(63(48)61)69(74)76)47-56(67(55)80-35-25-21-17-4)39-54-45-59(72(11,12)13)43-52(66(54)79-34-24-20-16-3)37-50(64)41-57(40-49)70(5,6)7/h26-31,40-47,73H,14-25,32-39H2,1-13H3. The molecular weight excluding hydrogens is 989 g/mol. The van der Waals surface area contributed by atoms with Crippen molar-refractivity contribution in [2.75, 3.05) is 31.9 Å². The van der Waals surface area contributed by atoms with Crippen molar-refractivity contribution >= 4 is 28.3 Å². The van der Waals surface area contributed by atoms with E-state index < -0.39 is 0 Å². The lowest BCUT2D eigenvalue weighted by Crippen LogP contribution is -2.44. The highest BCUT2D eigenvalue weighted by molar-refractivity contribution is 6.25. The zero-order chi connectivity index (χ0) is 57.4. The summed E-state index contributed by atoms with van der Waals surface area (Å²) in [5, 5.41) is 2.75. The number of anilines is 1. The number of fused-ring (bicyclic) bond motifs is 8. The van der Waals surface area contributed by atoms with E-state index in [1.807, 2.05) is 36.4 Å². The second-order valence-electron chi connectivity index (χ2n) is 25.9. The fourth-order valence-corrected chi connectivity index (χ4v) is 11.4. The molecular formula is C72H94N2O6. The number of nitrogens with zero attached hydrogens (tertiary/aromatic N) is 1. The highest BCUT2D eigenvalue weighted by atomic mass is 16.5. The van der Waals surface area contributed by atoms with E-state index in [9.17, 15) is 9.59 Å². The molecule has 0 unspecified atom stereocenters. The number of hydrogen-bond acceptors (Lipinski definition) is 7. The zero-order valence-electron chi connectivity index (χ0n) is 51.1. The van der Waals surface area contributed by atoms with E-state index in [1.165, 1.54) is 21.7 Å². The van der Waals surface area contributed by atoms with Crippen molar-refractivity contribution in [2.24, 2.45) is 0 Å². The first-order valence-electron chi connectivity index (χ1n) is 30.6. The van der Waals surface area contributed by atoms with Gasteiger partial charge in [-0.3, -0.25) is 15.0 Å². The summed E-state index contributed by atoms with van der Waals surface area (Å²) in [6.07, 6.45) is 14.5. The number of nitrogens with one attached hydrogen (secondary N) is 1. The second kappa shape index (κ2) is 26.1. The fourth-order valence-electron chi connectivity index (χ4n) is 11.4. The third-order valence-corrected chi connectivity index (χ3v) is 16.1. The molecule has 1 aliphatic heterocycles. The van der Waals surface area contributed by atoms with Gasteiger partial charge in [-0.1, -0.05) is 202 Å². The van der Waals surface area contributed by atoms with Crippen LogP contribution in [0.1, 0.15) is 249 Å². The first-order chi connectivity index (χ1) is 38.2. The number of carbonyl (C=O) groups is 2. The molecule has 6 aromatic rings. The molecule has 0 aromatic heterocycles. The molecule has 428 valence electrons. The summed E-state index contributed by atoms with van der Waals surface area (Å²) in [5.41, 5.74) is 16.8. The number of hydrogen-bond donors (Lipinski definition) is 1. The van der Waals surface area contributed by atoms with Crippen LogP contribution < -0.4 is 24.4 Å². The van der Waals surface area contributed by atoms with Crippen LogP contribution in [0.5, 0.6) is 23.0 Å². The molecule has 1 heterocycles. The van der Waals surface area contributed by atoms with Gasteiger partial charge in [-0.05, 0) is 122 Å². The number of unbranched alkanes of at least 4 members (excludes halogenated alkanes) is 8. The first kappa shape index (κ1) is 59.8. The Labute approximate surface area is 480 Å². The highest BCUT2D eigenvalue weighted by Crippen LogP contribution is 2.45. The number of benzene rings is 6. The second-order valence-corrected chi connectivity index (χ2v) is 25.9. The largest absolute Gasteiger partial charge is 0.493 e. The molecule has 8 bridgehead atoms. The summed E-state index contributed by atoms with van der Waals surface area (Å²) < 4.78 is 28.8. The van der Waals surface area contributed by atoms with Crippen LogP contribution >= 0.6 is 0 Å². The molecule has 0 fully saturated rings. The topological polar surface area (TPSA) is 86.3 Å². The van der Waals surface area contributed by atoms with Crippen LogP contribution in [-0.2, 0) is 41.9 Å². The van der Waals surface area contributed by atoms with Gasteiger partial charge in [0.25, 0.3) is 11.8 Å². The molecule has 0 spiro atoms. The molecule has 8 heteroatoms. The van der Waals surface area contributed by atoms with Crippen molar-refractivity contribution < 1.29 is 28.5 Å². The Morgan fingerprint density at radius 1 is 0.400 bits per heavy atom. The third kappa shape index (κ3) is 14.1. The van der Waals surface area contributed by atoms with Gasteiger partial charge < -0.3 is 18.9 Å². The van der Waals surface area contributed by atoms with Crippen molar-refractivity contribution in [3.63, 3.8) is 0 Å². The predicted octanol–water partition coefficient (Wildman–Crippen LogP) is 18.3. The lowest BCUT2D eigenvalue weighted by molar-refractivity contribution is 0.0648. The quantitative estimate of drug-likeness (QED) is 0.0534. The minimum absolute atomic E-state index is 0.150. The molecule has 0 radical (unpaired) electrons. The SMILES string of the molecule is CCCCCOc1c2cc(NN3C(=O)c4cccc5cccc(c45)C3=O)cc1Cc1cc(C(C)(C)C)cc(c1OCCCCC)Cc1cc(C(C)(C)C)cc(c1OCCCCC)Cc1cc(C(C)(C)C)cc(c1OCCCCC)C2. The normalized spacial score (nSPS) is 13.7. The van der Waals surface area contributed by atoms with Crippen LogP contribution in [0.3, 0.4) is 0 Å². The van der Waals surface area contributed by atoms with Crippen molar-refractivity contribution in [2.45, 2.75) is 209 Å². The number of imide groups is 1. The molecule has 8 nitrogen and oxygen atoms in total. The van der Waals surface area contributed by atoms with Gasteiger partial charge in [-0.2, -0.15) is 5.01 Å². The maximum absolute atomic E-state index is 14.7. The predicted molar refractivity (Wildman–Crippen MR) is 331 cm³/mol. The maximum atomic E-state index is 14.7. The van der Waals surface area contributed by atoms with E-state index in [1.54, 1.807) is 0 Å². The van der Waals surface area contributed by atoms with Crippen LogP contribution in [-0.4, -0.2) is 43.3 Å². The molecule has 0 atom stereocenters. The van der Waals surface area contributed by atoms with Crippen molar-refractivity contribution in [1.29, 1.82) is 0 Å².